The van der Waals surface area contributed by atoms with Crippen LogP contribution >= 0.6 is 0 Å². The lowest BCUT2D eigenvalue weighted by atomic mass is 10.0. The lowest BCUT2D eigenvalue weighted by Gasteiger charge is -2.24. The maximum Gasteiger partial charge on any atom is 0.0840 e. The summed E-state index contributed by atoms with van der Waals surface area (Å²) in [4.78, 5) is 0. The van der Waals surface area contributed by atoms with E-state index in [1.54, 1.807) is 7.11 Å². The Kier molecular flexibility index (Phi) is 17.2. The summed E-state index contributed by atoms with van der Waals surface area (Å²) in [6.45, 7) is 10.4. The third-order valence-electron chi connectivity index (χ3n) is 4.41. The van der Waals surface area contributed by atoms with Crippen LogP contribution in [0, 0.1) is 6.92 Å². The van der Waals surface area contributed by atoms with E-state index in [1.165, 1.54) is 70.6 Å². The second-order valence-electron chi connectivity index (χ2n) is 7.16. The van der Waals surface area contributed by atoms with Gasteiger partial charge in [-0.15, -0.1) is 0 Å². The monoisotopic (exact) mass is 339 g/mol. The highest BCUT2D eigenvalue weighted by molar-refractivity contribution is 4.81. The molecule has 1 radical (unpaired) electrons. The van der Waals surface area contributed by atoms with Crippen LogP contribution in [0.2, 0.25) is 0 Å². The molecule has 2 unspecified atom stereocenters. The largest absolute Gasteiger partial charge is 0.379 e. The smallest absolute Gasteiger partial charge is 0.0840 e. The second kappa shape index (κ2) is 17.5. The first-order valence-corrected chi connectivity index (χ1v) is 10.3. The van der Waals surface area contributed by atoms with Gasteiger partial charge in [0, 0.05) is 7.11 Å². The van der Waals surface area contributed by atoms with Gasteiger partial charge in [-0.1, -0.05) is 64.0 Å². The van der Waals surface area contributed by atoms with Crippen LogP contribution < -0.4 is 0 Å². The van der Waals surface area contributed by atoms with E-state index in [2.05, 4.69) is 26.0 Å². The molecule has 24 heavy (non-hydrogen) atoms. The Morgan fingerprint density at radius 3 is 1.92 bits per heavy atom. The van der Waals surface area contributed by atoms with Crippen molar-refractivity contribution in [2.75, 3.05) is 7.11 Å². The van der Waals surface area contributed by atoms with Crippen LogP contribution in [0.4, 0.5) is 0 Å². The van der Waals surface area contributed by atoms with Crippen molar-refractivity contribution in [1.82, 2.24) is 0 Å². The lowest BCUT2D eigenvalue weighted by Crippen LogP contribution is -2.30. The molecule has 0 amide bonds. The molecule has 2 atom stereocenters. The molecule has 0 aliphatic rings. The fraction of sp³-hybridized carbons (Fsp3) is 0.864. The normalized spacial score (nSPS) is 14.6. The van der Waals surface area contributed by atoms with Crippen molar-refractivity contribution in [2.24, 2.45) is 0 Å². The van der Waals surface area contributed by atoms with E-state index in [1.807, 2.05) is 13.8 Å². The van der Waals surface area contributed by atoms with Crippen LogP contribution in [0.25, 0.3) is 0 Å². The van der Waals surface area contributed by atoms with E-state index in [-0.39, 0.29) is 18.3 Å². The van der Waals surface area contributed by atoms with Gasteiger partial charge in [0.1, 0.15) is 0 Å². The molecule has 0 aromatic rings. The topological polar surface area (TPSA) is 18.5 Å². The van der Waals surface area contributed by atoms with E-state index >= 15 is 0 Å². The minimum absolute atomic E-state index is 0.0564. The van der Waals surface area contributed by atoms with Gasteiger partial charge in [-0.3, -0.25) is 0 Å². The third-order valence-corrected chi connectivity index (χ3v) is 4.41. The zero-order chi connectivity index (χ0) is 18.0. The molecule has 0 fully saturated rings. The van der Waals surface area contributed by atoms with Gasteiger partial charge in [0.2, 0.25) is 0 Å². The van der Waals surface area contributed by atoms with E-state index in [0.717, 1.165) is 6.42 Å². The fourth-order valence-electron chi connectivity index (χ4n) is 2.96. The molecule has 0 aliphatic heterocycles. The molecule has 2 heteroatoms. The van der Waals surface area contributed by atoms with Gasteiger partial charge < -0.3 is 9.47 Å². The molecule has 0 aromatic carbocycles. The third kappa shape index (κ3) is 15.2. The molecule has 0 N–H and O–H groups in total. The van der Waals surface area contributed by atoms with Crippen molar-refractivity contribution in [3.63, 3.8) is 0 Å². The number of hydrogen-bond donors (Lipinski definition) is 0. The summed E-state index contributed by atoms with van der Waals surface area (Å²) in [6, 6.07) is 0. The van der Waals surface area contributed by atoms with Crippen LogP contribution in [-0.4, -0.2) is 25.4 Å². The standard InChI is InChI=1S/C22H43O2/c1-6-7-8-9-10-11-12-13-14-15-16-17-18-19-22(23-5)21(4)24-20(2)3/h10-11,20-22H,4,6-9,12-19H2,1-3,5H3/b11-10+. The number of hydrogen-bond acceptors (Lipinski definition) is 2. The zero-order valence-corrected chi connectivity index (χ0v) is 16.9. The predicted octanol–water partition coefficient (Wildman–Crippen LogP) is 6.89. The lowest BCUT2D eigenvalue weighted by molar-refractivity contribution is -0.0610. The summed E-state index contributed by atoms with van der Waals surface area (Å²) in [5, 5.41) is 0. The van der Waals surface area contributed by atoms with Crippen molar-refractivity contribution in [2.45, 2.75) is 116 Å². The molecule has 0 saturated heterocycles. The van der Waals surface area contributed by atoms with Gasteiger partial charge in [0.25, 0.3) is 0 Å². The minimum Gasteiger partial charge on any atom is -0.379 e. The van der Waals surface area contributed by atoms with Crippen LogP contribution in [0.1, 0.15) is 97.8 Å². The Labute approximate surface area is 152 Å². The molecular formula is C22H43O2. The van der Waals surface area contributed by atoms with E-state index in [4.69, 9.17) is 9.47 Å². The van der Waals surface area contributed by atoms with Crippen LogP contribution in [0.5, 0.6) is 0 Å². The first-order chi connectivity index (χ1) is 11.6. The molecule has 0 rings (SSSR count). The van der Waals surface area contributed by atoms with Gasteiger partial charge >= 0.3 is 0 Å². The average molecular weight is 340 g/mol. The molecule has 2 nitrogen and oxygen atoms in total. The summed E-state index contributed by atoms with van der Waals surface area (Å²) >= 11 is 0. The Balaban J connectivity index is 3.43. The van der Waals surface area contributed by atoms with Gasteiger partial charge in [0.15, 0.2) is 0 Å². The highest BCUT2D eigenvalue weighted by Crippen LogP contribution is 2.15. The maximum absolute atomic E-state index is 5.72. The number of ether oxygens (including phenoxy) is 2. The van der Waals surface area contributed by atoms with Gasteiger partial charge in [-0.2, -0.15) is 0 Å². The Bertz CT molecular complexity index is 273. The Morgan fingerprint density at radius 2 is 1.38 bits per heavy atom. The van der Waals surface area contributed by atoms with E-state index in [9.17, 15) is 0 Å². The molecule has 0 aromatic heterocycles. The number of unbranched alkanes of at least 4 members (excludes halogenated alkanes) is 9. The molecule has 0 aliphatic carbocycles. The molecule has 0 heterocycles. The summed E-state index contributed by atoms with van der Waals surface area (Å²) in [5.41, 5.74) is 0. The number of methoxy groups -OCH3 is 1. The van der Waals surface area contributed by atoms with Crippen LogP contribution in [-0.2, 0) is 9.47 Å². The van der Waals surface area contributed by atoms with Crippen LogP contribution in [0.3, 0.4) is 0 Å². The van der Waals surface area contributed by atoms with Crippen molar-refractivity contribution in [3.8, 4) is 0 Å². The zero-order valence-electron chi connectivity index (χ0n) is 16.9. The molecule has 143 valence electrons. The first-order valence-electron chi connectivity index (χ1n) is 10.3. The maximum atomic E-state index is 5.72. The highest BCUT2D eigenvalue weighted by Gasteiger charge is 2.17. The second-order valence-corrected chi connectivity index (χ2v) is 7.16. The average Bonchev–Trinajstić information content (AvgIpc) is 2.54. The number of rotatable bonds is 17. The molecule has 0 bridgehead atoms. The van der Waals surface area contributed by atoms with Crippen molar-refractivity contribution >= 4 is 0 Å². The highest BCUT2D eigenvalue weighted by atomic mass is 16.5. The van der Waals surface area contributed by atoms with E-state index < -0.39 is 0 Å². The Morgan fingerprint density at radius 1 is 0.833 bits per heavy atom. The van der Waals surface area contributed by atoms with Gasteiger partial charge in [0.05, 0.1) is 18.3 Å². The summed E-state index contributed by atoms with van der Waals surface area (Å²) in [6.07, 6.45) is 20.6. The molecule has 0 spiro atoms. The SMILES string of the molecule is [CH2]C(OC(C)C)C(CCCCCCCC/C=C/CCCCC)OC. The van der Waals surface area contributed by atoms with Gasteiger partial charge in [-0.05, 0) is 52.9 Å². The molecular weight excluding hydrogens is 296 g/mol. The molecule has 0 saturated carbocycles. The quantitative estimate of drug-likeness (QED) is 0.212. The fourth-order valence-corrected chi connectivity index (χ4v) is 2.96. The van der Waals surface area contributed by atoms with Crippen molar-refractivity contribution in [3.05, 3.63) is 19.1 Å². The summed E-state index contributed by atoms with van der Waals surface area (Å²) in [7, 11) is 1.77. The van der Waals surface area contributed by atoms with Crippen molar-refractivity contribution in [1.29, 1.82) is 0 Å². The Hall–Kier alpha value is -0.340. The van der Waals surface area contributed by atoms with E-state index in [0.29, 0.717) is 0 Å². The number of allylic oxidation sites excluding steroid dienone is 2. The predicted molar refractivity (Wildman–Crippen MR) is 106 cm³/mol. The summed E-state index contributed by atoms with van der Waals surface area (Å²) in [5.74, 6) is 0. The van der Waals surface area contributed by atoms with Gasteiger partial charge in [-0.25, -0.2) is 0 Å². The minimum atomic E-state index is -0.0564. The summed E-state index contributed by atoms with van der Waals surface area (Å²) < 4.78 is 11.2. The first kappa shape index (κ1) is 23.7. The van der Waals surface area contributed by atoms with Crippen LogP contribution in [0.15, 0.2) is 12.2 Å². The van der Waals surface area contributed by atoms with Crippen molar-refractivity contribution < 1.29 is 9.47 Å².